The van der Waals surface area contributed by atoms with Crippen molar-refractivity contribution in [3.8, 4) is 5.75 Å². The van der Waals surface area contributed by atoms with Crippen LogP contribution in [-0.2, 0) is 11.4 Å². The molecule has 0 atom stereocenters. The number of ketones is 1. The van der Waals surface area contributed by atoms with Crippen LogP contribution in [0.15, 0.2) is 48.7 Å². The molecule has 3 rings (SSSR count). The molecule has 1 aromatic heterocycles. The van der Waals surface area contributed by atoms with Crippen molar-refractivity contribution in [3.05, 3.63) is 65.6 Å². The van der Waals surface area contributed by atoms with E-state index in [9.17, 15) is 14.0 Å². The molecule has 0 saturated carbocycles. The highest BCUT2D eigenvalue weighted by atomic mass is 19.1. The van der Waals surface area contributed by atoms with Crippen molar-refractivity contribution in [1.82, 2.24) is 9.88 Å². The summed E-state index contributed by atoms with van der Waals surface area (Å²) >= 11 is 0. The van der Waals surface area contributed by atoms with Crippen LogP contribution in [0.1, 0.15) is 15.9 Å². The minimum Gasteiger partial charge on any atom is -0.486 e. The monoisotopic (exact) mass is 340 g/mol. The van der Waals surface area contributed by atoms with E-state index in [0.717, 1.165) is 5.56 Å². The molecule has 0 radical (unpaired) electrons. The SMILES string of the molecule is CN(C)C(=O)C(=O)c1c[nH]c2cc(OCc3ccccc3)c(F)cc12. The second kappa shape index (κ2) is 6.76. The number of amides is 1. The number of nitrogens with one attached hydrogen (secondary N) is 1. The number of carbonyl (C=O) groups is 2. The van der Waals surface area contributed by atoms with Gasteiger partial charge in [0, 0.05) is 31.7 Å². The van der Waals surface area contributed by atoms with E-state index in [0.29, 0.717) is 10.9 Å². The number of nitrogens with zero attached hydrogens (tertiary/aromatic N) is 1. The van der Waals surface area contributed by atoms with Gasteiger partial charge in [-0.1, -0.05) is 30.3 Å². The molecule has 5 nitrogen and oxygen atoms in total. The summed E-state index contributed by atoms with van der Waals surface area (Å²) in [6.07, 6.45) is 1.41. The molecule has 1 N–H and O–H groups in total. The number of halogens is 1. The quantitative estimate of drug-likeness (QED) is 0.573. The molecule has 2 aromatic carbocycles. The first-order valence-electron chi connectivity index (χ1n) is 7.70. The number of hydrogen-bond donors (Lipinski definition) is 1. The highest BCUT2D eigenvalue weighted by Gasteiger charge is 2.22. The molecule has 0 unspecified atom stereocenters. The van der Waals surface area contributed by atoms with Crippen LogP contribution < -0.4 is 4.74 Å². The first kappa shape index (κ1) is 16.7. The van der Waals surface area contributed by atoms with Gasteiger partial charge in [-0.25, -0.2) is 4.39 Å². The lowest BCUT2D eigenvalue weighted by molar-refractivity contribution is -0.124. The van der Waals surface area contributed by atoms with E-state index in [2.05, 4.69) is 4.98 Å². The summed E-state index contributed by atoms with van der Waals surface area (Å²) in [5.41, 5.74) is 1.59. The van der Waals surface area contributed by atoms with Crippen molar-refractivity contribution < 1.29 is 18.7 Å². The van der Waals surface area contributed by atoms with E-state index in [1.807, 2.05) is 30.3 Å². The molecule has 0 bridgehead atoms. The fourth-order valence-electron chi connectivity index (χ4n) is 2.48. The number of likely N-dealkylation sites (N-methyl/N-ethyl adjacent to an activating group) is 1. The normalized spacial score (nSPS) is 10.7. The van der Waals surface area contributed by atoms with Gasteiger partial charge in [0.1, 0.15) is 6.61 Å². The summed E-state index contributed by atoms with van der Waals surface area (Å²) in [7, 11) is 2.98. The maximum absolute atomic E-state index is 14.4. The molecule has 0 spiro atoms. The van der Waals surface area contributed by atoms with E-state index < -0.39 is 17.5 Å². The van der Waals surface area contributed by atoms with E-state index >= 15 is 0 Å². The molecule has 25 heavy (non-hydrogen) atoms. The Morgan fingerprint density at radius 1 is 1.16 bits per heavy atom. The molecule has 1 heterocycles. The van der Waals surface area contributed by atoms with Gasteiger partial charge in [0.2, 0.25) is 0 Å². The van der Waals surface area contributed by atoms with Gasteiger partial charge in [-0.3, -0.25) is 9.59 Å². The Morgan fingerprint density at radius 3 is 2.56 bits per heavy atom. The lowest BCUT2D eigenvalue weighted by Gasteiger charge is -2.09. The zero-order valence-corrected chi connectivity index (χ0v) is 13.9. The predicted molar refractivity (Wildman–Crippen MR) is 92.1 cm³/mol. The maximum atomic E-state index is 14.4. The van der Waals surface area contributed by atoms with E-state index in [1.165, 1.54) is 37.3 Å². The van der Waals surface area contributed by atoms with Gasteiger partial charge in [0.15, 0.2) is 11.6 Å². The topological polar surface area (TPSA) is 62.4 Å². The fraction of sp³-hybridized carbons (Fsp3) is 0.158. The summed E-state index contributed by atoms with van der Waals surface area (Å²) in [6, 6.07) is 12.1. The van der Waals surface area contributed by atoms with Gasteiger partial charge >= 0.3 is 0 Å². The molecular formula is C19H17FN2O3. The Balaban J connectivity index is 1.88. The average molecular weight is 340 g/mol. The first-order chi connectivity index (χ1) is 12.0. The van der Waals surface area contributed by atoms with Gasteiger partial charge in [0.05, 0.1) is 11.1 Å². The van der Waals surface area contributed by atoms with Crippen LogP contribution in [0, 0.1) is 5.82 Å². The summed E-state index contributed by atoms with van der Waals surface area (Å²) in [5.74, 6) is -1.86. The number of fused-ring (bicyclic) bond motifs is 1. The number of H-pyrrole nitrogens is 1. The van der Waals surface area contributed by atoms with Crippen LogP contribution in [0.3, 0.4) is 0 Å². The molecule has 0 fully saturated rings. The van der Waals surface area contributed by atoms with E-state index in [4.69, 9.17) is 4.74 Å². The molecule has 3 aromatic rings. The minimum absolute atomic E-state index is 0.0798. The van der Waals surface area contributed by atoms with Crippen LogP contribution in [-0.4, -0.2) is 35.7 Å². The number of hydrogen-bond acceptors (Lipinski definition) is 3. The summed E-state index contributed by atoms with van der Waals surface area (Å²) < 4.78 is 19.9. The average Bonchev–Trinajstić information content (AvgIpc) is 3.01. The standard InChI is InChI=1S/C19H17FN2O3/c1-22(2)19(24)18(23)14-10-21-16-9-17(15(20)8-13(14)16)25-11-12-6-4-3-5-7-12/h3-10,21H,11H2,1-2H3. The van der Waals surface area contributed by atoms with Crippen molar-refractivity contribution in [2.45, 2.75) is 6.61 Å². The minimum atomic E-state index is -0.686. The number of Topliss-reactive ketones (excluding diaryl/α,β-unsaturated/α-hetero) is 1. The molecular weight excluding hydrogens is 323 g/mol. The van der Waals surface area contributed by atoms with Crippen LogP contribution in [0.2, 0.25) is 0 Å². The number of rotatable bonds is 5. The molecule has 1 amide bonds. The lowest BCUT2D eigenvalue weighted by atomic mass is 10.1. The number of carbonyl (C=O) groups excluding carboxylic acids is 2. The molecule has 0 saturated heterocycles. The van der Waals surface area contributed by atoms with Crippen molar-refractivity contribution in [3.63, 3.8) is 0 Å². The summed E-state index contributed by atoms with van der Waals surface area (Å²) in [5, 5.41) is 0.352. The second-order valence-electron chi connectivity index (χ2n) is 5.83. The molecule has 0 aliphatic heterocycles. The first-order valence-corrected chi connectivity index (χ1v) is 7.70. The smallest absolute Gasteiger partial charge is 0.294 e. The zero-order valence-electron chi connectivity index (χ0n) is 13.9. The zero-order chi connectivity index (χ0) is 18.0. The van der Waals surface area contributed by atoms with Crippen molar-refractivity contribution >= 4 is 22.6 Å². The molecule has 0 aliphatic carbocycles. The summed E-state index contributed by atoms with van der Waals surface area (Å²) in [6.45, 7) is 0.231. The van der Waals surface area contributed by atoms with Crippen LogP contribution in [0.25, 0.3) is 10.9 Å². The van der Waals surface area contributed by atoms with Gasteiger partial charge < -0.3 is 14.6 Å². The van der Waals surface area contributed by atoms with Gasteiger partial charge in [-0.15, -0.1) is 0 Å². The van der Waals surface area contributed by atoms with Crippen LogP contribution in [0.5, 0.6) is 5.75 Å². The Bertz CT molecular complexity index is 932. The number of aromatic nitrogens is 1. The van der Waals surface area contributed by atoms with E-state index in [1.54, 1.807) is 0 Å². The number of aromatic amines is 1. The van der Waals surface area contributed by atoms with E-state index in [-0.39, 0.29) is 17.9 Å². The number of ether oxygens (including phenoxy) is 1. The molecule has 0 aliphatic rings. The third-order valence-electron chi connectivity index (χ3n) is 3.82. The highest BCUT2D eigenvalue weighted by molar-refractivity contribution is 6.44. The van der Waals surface area contributed by atoms with Crippen molar-refractivity contribution in [2.24, 2.45) is 0 Å². The van der Waals surface area contributed by atoms with Gasteiger partial charge in [-0.2, -0.15) is 0 Å². The van der Waals surface area contributed by atoms with Crippen molar-refractivity contribution in [1.29, 1.82) is 0 Å². The summed E-state index contributed by atoms with van der Waals surface area (Å²) in [4.78, 5) is 28.1. The number of benzene rings is 2. The lowest BCUT2D eigenvalue weighted by Crippen LogP contribution is -2.29. The van der Waals surface area contributed by atoms with Crippen LogP contribution in [0.4, 0.5) is 4.39 Å². The largest absolute Gasteiger partial charge is 0.486 e. The Hall–Kier alpha value is -3.15. The Kier molecular flexibility index (Phi) is 4.52. The predicted octanol–water partition coefficient (Wildman–Crippen LogP) is 3.16. The Labute approximate surface area is 144 Å². The second-order valence-corrected chi connectivity index (χ2v) is 5.83. The third-order valence-corrected chi connectivity index (χ3v) is 3.82. The maximum Gasteiger partial charge on any atom is 0.294 e. The van der Waals surface area contributed by atoms with Crippen LogP contribution >= 0.6 is 0 Å². The van der Waals surface area contributed by atoms with Gasteiger partial charge in [-0.05, 0) is 11.6 Å². The molecule has 6 heteroatoms. The molecule has 128 valence electrons. The third kappa shape index (κ3) is 3.38. The fourth-order valence-corrected chi connectivity index (χ4v) is 2.48. The van der Waals surface area contributed by atoms with Gasteiger partial charge in [0.25, 0.3) is 11.7 Å². The Morgan fingerprint density at radius 2 is 1.88 bits per heavy atom. The van der Waals surface area contributed by atoms with Crippen molar-refractivity contribution in [2.75, 3.05) is 14.1 Å². The highest BCUT2D eigenvalue weighted by Crippen LogP contribution is 2.28.